The Morgan fingerprint density at radius 2 is 1.80 bits per heavy atom. The summed E-state index contributed by atoms with van der Waals surface area (Å²) in [6.07, 6.45) is 8.43. The van der Waals surface area contributed by atoms with Crippen LogP contribution in [-0.4, -0.2) is 25.1 Å². The summed E-state index contributed by atoms with van der Waals surface area (Å²) in [5.74, 6) is 1.87. The lowest BCUT2D eigenvalue weighted by Crippen LogP contribution is -2.31. The van der Waals surface area contributed by atoms with Crippen LogP contribution < -0.4 is 4.74 Å². The molecule has 1 aromatic carbocycles. The lowest BCUT2D eigenvalue weighted by molar-refractivity contribution is 0.194. The number of methoxy groups -OCH3 is 1. The van der Waals surface area contributed by atoms with Gasteiger partial charge in [0.05, 0.1) is 7.11 Å². The van der Waals surface area contributed by atoms with Crippen molar-refractivity contribution in [2.24, 2.45) is 5.92 Å². The molecule has 0 atom stereocenters. The lowest BCUT2D eigenvalue weighted by atomic mass is 9.89. The standard InChI is InChI=1S/C18H29NO/c1-3-13-19(14-16-7-5-4-6-8-16)15-17-9-11-18(20-2)12-10-17/h9-12,16H,3-8,13-15H2,1-2H3. The van der Waals surface area contributed by atoms with E-state index in [1.165, 1.54) is 57.2 Å². The van der Waals surface area contributed by atoms with Gasteiger partial charge in [-0.3, -0.25) is 4.90 Å². The summed E-state index contributed by atoms with van der Waals surface area (Å²) in [6, 6.07) is 8.53. The van der Waals surface area contributed by atoms with Crippen LogP contribution in [0.4, 0.5) is 0 Å². The second kappa shape index (κ2) is 8.31. The molecule has 0 aromatic heterocycles. The molecule has 0 heterocycles. The van der Waals surface area contributed by atoms with Crippen molar-refractivity contribution in [1.82, 2.24) is 4.90 Å². The molecular weight excluding hydrogens is 246 g/mol. The average Bonchev–Trinajstić information content (AvgIpc) is 2.49. The molecule has 1 fully saturated rings. The van der Waals surface area contributed by atoms with E-state index in [1.807, 2.05) is 0 Å². The van der Waals surface area contributed by atoms with E-state index in [1.54, 1.807) is 7.11 Å². The van der Waals surface area contributed by atoms with Crippen molar-refractivity contribution in [3.8, 4) is 5.75 Å². The summed E-state index contributed by atoms with van der Waals surface area (Å²) >= 11 is 0. The van der Waals surface area contributed by atoms with E-state index < -0.39 is 0 Å². The van der Waals surface area contributed by atoms with E-state index in [4.69, 9.17) is 4.74 Å². The third kappa shape index (κ3) is 4.82. The van der Waals surface area contributed by atoms with Crippen LogP contribution in [0.2, 0.25) is 0 Å². The normalized spacial score (nSPS) is 16.6. The molecule has 0 aliphatic heterocycles. The van der Waals surface area contributed by atoms with Crippen molar-refractivity contribution in [3.63, 3.8) is 0 Å². The largest absolute Gasteiger partial charge is 0.497 e. The monoisotopic (exact) mass is 275 g/mol. The summed E-state index contributed by atoms with van der Waals surface area (Å²) < 4.78 is 5.23. The van der Waals surface area contributed by atoms with Gasteiger partial charge in [-0.15, -0.1) is 0 Å². The van der Waals surface area contributed by atoms with Crippen LogP contribution in [0.3, 0.4) is 0 Å². The first kappa shape index (κ1) is 15.4. The smallest absolute Gasteiger partial charge is 0.118 e. The van der Waals surface area contributed by atoms with Crippen LogP contribution in [0.1, 0.15) is 51.0 Å². The first-order valence-electron chi connectivity index (χ1n) is 8.17. The molecule has 20 heavy (non-hydrogen) atoms. The highest BCUT2D eigenvalue weighted by molar-refractivity contribution is 5.27. The van der Waals surface area contributed by atoms with Gasteiger partial charge >= 0.3 is 0 Å². The maximum atomic E-state index is 5.23. The highest BCUT2D eigenvalue weighted by atomic mass is 16.5. The molecule has 2 heteroatoms. The zero-order chi connectivity index (χ0) is 14.2. The maximum Gasteiger partial charge on any atom is 0.118 e. The Bertz CT molecular complexity index is 368. The van der Waals surface area contributed by atoms with E-state index in [-0.39, 0.29) is 0 Å². The molecule has 0 unspecified atom stereocenters. The van der Waals surface area contributed by atoms with Crippen molar-refractivity contribution in [1.29, 1.82) is 0 Å². The van der Waals surface area contributed by atoms with Crippen LogP contribution in [-0.2, 0) is 6.54 Å². The molecule has 0 radical (unpaired) electrons. The molecule has 0 bridgehead atoms. The van der Waals surface area contributed by atoms with E-state index in [0.717, 1.165) is 18.2 Å². The van der Waals surface area contributed by atoms with Crippen LogP contribution in [0.25, 0.3) is 0 Å². The van der Waals surface area contributed by atoms with Crippen molar-refractivity contribution < 1.29 is 4.74 Å². The van der Waals surface area contributed by atoms with Crippen molar-refractivity contribution >= 4 is 0 Å². The predicted molar refractivity (Wildman–Crippen MR) is 85.1 cm³/mol. The number of hydrogen-bond donors (Lipinski definition) is 0. The lowest BCUT2D eigenvalue weighted by Gasteiger charge is -2.29. The van der Waals surface area contributed by atoms with Crippen molar-refractivity contribution in [2.75, 3.05) is 20.2 Å². The number of nitrogens with zero attached hydrogens (tertiary/aromatic N) is 1. The number of ether oxygens (including phenoxy) is 1. The quantitative estimate of drug-likeness (QED) is 0.727. The molecule has 0 amide bonds. The minimum Gasteiger partial charge on any atom is -0.497 e. The Hall–Kier alpha value is -1.02. The van der Waals surface area contributed by atoms with Gasteiger partial charge < -0.3 is 4.74 Å². The van der Waals surface area contributed by atoms with Crippen LogP contribution in [0, 0.1) is 5.92 Å². The second-order valence-electron chi connectivity index (χ2n) is 6.09. The Morgan fingerprint density at radius 3 is 2.40 bits per heavy atom. The third-order valence-electron chi connectivity index (χ3n) is 4.35. The summed E-state index contributed by atoms with van der Waals surface area (Å²) in [6.45, 7) is 5.85. The van der Waals surface area contributed by atoms with E-state index >= 15 is 0 Å². The molecule has 112 valence electrons. The topological polar surface area (TPSA) is 12.5 Å². The molecule has 2 nitrogen and oxygen atoms in total. The Kier molecular flexibility index (Phi) is 6.38. The highest BCUT2D eigenvalue weighted by Crippen LogP contribution is 2.25. The summed E-state index contributed by atoms with van der Waals surface area (Å²) in [5.41, 5.74) is 1.40. The van der Waals surface area contributed by atoms with Gasteiger partial charge in [-0.05, 0) is 49.4 Å². The fourth-order valence-electron chi connectivity index (χ4n) is 3.28. The first-order valence-corrected chi connectivity index (χ1v) is 8.17. The molecule has 0 spiro atoms. The Balaban J connectivity index is 1.89. The fraction of sp³-hybridized carbons (Fsp3) is 0.667. The molecule has 1 saturated carbocycles. The molecule has 1 aliphatic rings. The zero-order valence-corrected chi connectivity index (χ0v) is 13.1. The zero-order valence-electron chi connectivity index (χ0n) is 13.1. The fourth-order valence-corrected chi connectivity index (χ4v) is 3.28. The maximum absolute atomic E-state index is 5.23. The second-order valence-corrected chi connectivity index (χ2v) is 6.09. The number of benzene rings is 1. The number of rotatable bonds is 7. The summed E-state index contributed by atoms with van der Waals surface area (Å²) in [7, 11) is 1.72. The first-order chi connectivity index (χ1) is 9.81. The summed E-state index contributed by atoms with van der Waals surface area (Å²) in [4.78, 5) is 2.64. The third-order valence-corrected chi connectivity index (χ3v) is 4.35. The van der Waals surface area contributed by atoms with Gasteiger partial charge in [0.25, 0.3) is 0 Å². The highest BCUT2D eigenvalue weighted by Gasteiger charge is 2.17. The molecule has 0 saturated heterocycles. The van der Waals surface area contributed by atoms with Gasteiger partial charge in [-0.25, -0.2) is 0 Å². The minimum atomic E-state index is 0.925. The van der Waals surface area contributed by atoms with Crippen molar-refractivity contribution in [3.05, 3.63) is 29.8 Å². The van der Waals surface area contributed by atoms with Gasteiger partial charge in [-0.2, -0.15) is 0 Å². The van der Waals surface area contributed by atoms with Gasteiger partial charge in [0.15, 0.2) is 0 Å². The minimum absolute atomic E-state index is 0.925. The molecule has 2 rings (SSSR count). The Labute approximate surface area is 124 Å². The SMILES string of the molecule is CCCN(Cc1ccc(OC)cc1)CC1CCCCC1. The predicted octanol–water partition coefficient (Wildman–Crippen LogP) is 4.49. The van der Waals surface area contributed by atoms with Crippen LogP contribution in [0.5, 0.6) is 5.75 Å². The van der Waals surface area contributed by atoms with Crippen LogP contribution >= 0.6 is 0 Å². The summed E-state index contributed by atoms with van der Waals surface area (Å²) in [5, 5.41) is 0. The van der Waals surface area contributed by atoms with Gasteiger partial charge in [0.2, 0.25) is 0 Å². The van der Waals surface area contributed by atoms with Gasteiger partial charge in [0.1, 0.15) is 5.75 Å². The van der Waals surface area contributed by atoms with Crippen molar-refractivity contribution in [2.45, 2.75) is 52.0 Å². The van der Waals surface area contributed by atoms with Crippen LogP contribution in [0.15, 0.2) is 24.3 Å². The van der Waals surface area contributed by atoms with Gasteiger partial charge in [-0.1, -0.05) is 38.3 Å². The Morgan fingerprint density at radius 1 is 1.10 bits per heavy atom. The van der Waals surface area contributed by atoms with E-state index in [9.17, 15) is 0 Å². The molecule has 1 aromatic rings. The molecule has 0 N–H and O–H groups in total. The molecular formula is C18H29NO. The van der Waals surface area contributed by atoms with E-state index in [0.29, 0.717) is 0 Å². The average molecular weight is 275 g/mol. The molecule has 1 aliphatic carbocycles. The number of hydrogen-bond acceptors (Lipinski definition) is 2. The van der Waals surface area contributed by atoms with Gasteiger partial charge in [0, 0.05) is 13.1 Å². The van der Waals surface area contributed by atoms with E-state index in [2.05, 4.69) is 36.1 Å².